The van der Waals surface area contributed by atoms with Crippen molar-refractivity contribution in [3.8, 4) is 5.75 Å². The first kappa shape index (κ1) is 14.6. The molecule has 1 aromatic rings. The molecule has 0 aromatic heterocycles. The topological polar surface area (TPSA) is 38.3 Å². The van der Waals surface area contributed by atoms with E-state index in [0.717, 1.165) is 62.9 Å². The van der Waals surface area contributed by atoms with E-state index in [1.165, 1.54) is 0 Å². The molecule has 1 aromatic carbocycles. The van der Waals surface area contributed by atoms with Gasteiger partial charge in [0.1, 0.15) is 5.75 Å². The van der Waals surface area contributed by atoms with Crippen molar-refractivity contribution in [1.82, 2.24) is 5.32 Å². The zero-order chi connectivity index (χ0) is 14.7. The second-order valence-corrected chi connectivity index (χ2v) is 6.45. The molecule has 3 rings (SSSR count). The van der Waals surface area contributed by atoms with Gasteiger partial charge in [0.2, 0.25) is 0 Å². The number of carbonyl (C=O) groups excluding carboxylic acids is 1. The van der Waals surface area contributed by atoms with E-state index in [-0.39, 0.29) is 5.41 Å². The fourth-order valence-corrected chi connectivity index (χ4v) is 3.34. The van der Waals surface area contributed by atoms with Crippen molar-refractivity contribution in [2.45, 2.75) is 51.6 Å². The highest BCUT2D eigenvalue weighted by atomic mass is 16.5. The molecule has 0 radical (unpaired) electrons. The Morgan fingerprint density at radius 2 is 1.90 bits per heavy atom. The van der Waals surface area contributed by atoms with Gasteiger partial charge in [0.25, 0.3) is 0 Å². The molecule has 2 aliphatic rings. The number of nitrogens with one attached hydrogen (secondary N) is 1. The molecule has 114 valence electrons. The van der Waals surface area contributed by atoms with Crippen LogP contribution < -0.4 is 10.1 Å². The molecule has 0 atom stereocenters. The number of rotatable bonds is 6. The Morgan fingerprint density at radius 3 is 2.48 bits per heavy atom. The van der Waals surface area contributed by atoms with Crippen molar-refractivity contribution in [2.24, 2.45) is 5.41 Å². The van der Waals surface area contributed by atoms with Gasteiger partial charge in [0, 0.05) is 11.0 Å². The second-order valence-electron chi connectivity index (χ2n) is 6.45. The third kappa shape index (κ3) is 3.29. The van der Waals surface area contributed by atoms with E-state index in [2.05, 4.69) is 12.2 Å². The Kier molecular flexibility index (Phi) is 4.29. The predicted molar refractivity (Wildman–Crippen MR) is 83.9 cm³/mol. The van der Waals surface area contributed by atoms with E-state index >= 15 is 0 Å². The Bertz CT molecular complexity index is 479. The molecule has 21 heavy (non-hydrogen) atoms. The van der Waals surface area contributed by atoms with Crippen molar-refractivity contribution in [3.63, 3.8) is 0 Å². The van der Waals surface area contributed by atoms with Crippen LogP contribution in [0, 0.1) is 5.41 Å². The third-order valence-corrected chi connectivity index (χ3v) is 4.71. The van der Waals surface area contributed by atoms with Crippen LogP contribution in [-0.4, -0.2) is 25.0 Å². The van der Waals surface area contributed by atoms with E-state index in [0.29, 0.717) is 11.9 Å². The average molecular weight is 287 g/mol. The van der Waals surface area contributed by atoms with E-state index in [4.69, 9.17) is 4.74 Å². The molecule has 0 amide bonds. The largest absolute Gasteiger partial charge is 0.490 e. The Labute approximate surface area is 127 Å². The van der Waals surface area contributed by atoms with Gasteiger partial charge in [0.05, 0.1) is 6.10 Å². The summed E-state index contributed by atoms with van der Waals surface area (Å²) >= 11 is 0. The quantitative estimate of drug-likeness (QED) is 0.813. The second kappa shape index (κ2) is 6.18. The molecule has 2 fully saturated rings. The minimum Gasteiger partial charge on any atom is -0.490 e. The van der Waals surface area contributed by atoms with E-state index < -0.39 is 0 Å². The Hall–Kier alpha value is -1.35. The van der Waals surface area contributed by atoms with Gasteiger partial charge in [-0.05, 0) is 69.5 Å². The average Bonchev–Trinajstić information content (AvgIpc) is 3.33. The number of benzene rings is 1. The number of ether oxygens (including phenoxy) is 1. The summed E-state index contributed by atoms with van der Waals surface area (Å²) in [5.74, 6) is 1.22. The molecule has 1 saturated carbocycles. The number of Topliss-reactive ketones (excluding diaryl/α,β-unsaturated/α-hetero) is 1. The van der Waals surface area contributed by atoms with Crippen molar-refractivity contribution in [2.75, 3.05) is 13.1 Å². The smallest absolute Gasteiger partial charge is 0.169 e. The van der Waals surface area contributed by atoms with Gasteiger partial charge < -0.3 is 10.1 Å². The van der Waals surface area contributed by atoms with Crippen LogP contribution in [0.3, 0.4) is 0 Å². The minimum atomic E-state index is -0.154. The van der Waals surface area contributed by atoms with Crippen LogP contribution in [0.15, 0.2) is 24.3 Å². The molecule has 3 nitrogen and oxygen atoms in total. The molecular formula is C18H25NO2. The summed E-state index contributed by atoms with van der Waals surface area (Å²) in [7, 11) is 0. The van der Waals surface area contributed by atoms with Gasteiger partial charge in [-0.3, -0.25) is 4.79 Å². The summed E-state index contributed by atoms with van der Waals surface area (Å²) in [6, 6.07) is 7.79. The third-order valence-electron chi connectivity index (χ3n) is 4.71. The van der Waals surface area contributed by atoms with Gasteiger partial charge >= 0.3 is 0 Å². The number of carbonyl (C=O) groups is 1. The summed E-state index contributed by atoms with van der Waals surface area (Å²) in [4.78, 5) is 13.0. The first-order chi connectivity index (χ1) is 10.2. The molecule has 1 aliphatic heterocycles. The predicted octanol–water partition coefficient (Wildman–Crippen LogP) is 3.58. The number of hydrogen-bond donors (Lipinski definition) is 1. The molecule has 1 heterocycles. The van der Waals surface area contributed by atoms with Gasteiger partial charge in [-0.25, -0.2) is 0 Å². The molecular weight excluding hydrogens is 262 g/mol. The van der Waals surface area contributed by atoms with Gasteiger partial charge in [0.15, 0.2) is 5.78 Å². The SMILES string of the molecule is CCCC1(C(=O)c2ccc(OC3CC3)cc2)CCNCC1. The zero-order valence-electron chi connectivity index (χ0n) is 12.9. The van der Waals surface area contributed by atoms with E-state index in [1.807, 2.05) is 24.3 Å². The first-order valence-corrected chi connectivity index (χ1v) is 8.26. The number of ketones is 1. The maximum atomic E-state index is 13.0. The summed E-state index contributed by atoms with van der Waals surface area (Å²) < 4.78 is 5.76. The van der Waals surface area contributed by atoms with Crippen LogP contribution in [0.5, 0.6) is 5.75 Å². The maximum Gasteiger partial charge on any atom is 0.169 e. The van der Waals surface area contributed by atoms with Gasteiger partial charge in [-0.15, -0.1) is 0 Å². The zero-order valence-corrected chi connectivity index (χ0v) is 12.9. The monoisotopic (exact) mass is 287 g/mol. The van der Waals surface area contributed by atoms with Crippen molar-refractivity contribution >= 4 is 5.78 Å². The molecule has 0 bridgehead atoms. The lowest BCUT2D eigenvalue weighted by Gasteiger charge is -2.36. The lowest BCUT2D eigenvalue weighted by molar-refractivity contribution is 0.0704. The highest BCUT2D eigenvalue weighted by Gasteiger charge is 2.38. The Balaban J connectivity index is 1.74. The van der Waals surface area contributed by atoms with Crippen LogP contribution in [0.4, 0.5) is 0 Å². The molecule has 0 spiro atoms. The van der Waals surface area contributed by atoms with Crippen molar-refractivity contribution < 1.29 is 9.53 Å². The highest BCUT2D eigenvalue weighted by molar-refractivity contribution is 6.00. The van der Waals surface area contributed by atoms with Crippen LogP contribution in [-0.2, 0) is 0 Å². The fraction of sp³-hybridized carbons (Fsp3) is 0.611. The van der Waals surface area contributed by atoms with Crippen LogP contribution in [0.2, 0.25) is 0 Å². The van der Waals surface area contributed by atoms with Crippen LogP contribution in [0.25, 0.3) is 0 Å². The molecule has 1 saturated heterocycles. The standard InChI is InChI=1S/C18H25NO2/c1-2-9-18(10-12-19-13-11-18)17(20)14-3-5-15(6-4-14)21-16-7-8-16/h3-6,16,19H,2,7-13H2,1H3. The summed E-state index contributed by atoms with van der Waals surface area (Å²) in [5.41, 5.74) is 0.687. The normalized spacial score (nSPS) is 21.0. The number of piperidine rings is 1. The highest BCUT2D eigenvalue weighted by Crippen LogP contribution is 2.38. The molecule has 1 N–H and O–H groups in total. The molecule has 1 aliphatic carbocycles. The Morgan fingerprint density at radius 1 is 1.24 bits per heavy atom. The summed E-state index contributed by atoms with van der Waals surface area (Å²) in [5, 5.41) is 3.37. The lowest BCUT2D eigenvalue weighted by Crippen LogP contribution is -2.42. The molecule has 0 unspecified atom stereocenters. The van der Waals surface area contributed by atoms with Crippen LogP contribution in [0.1, 0.15) is 55.8 Å². The van der Waals surface area contributed by atoms with Gasteiger partial charge in [-0.1, -0.05) is 13.3 Å². The van der Waals surface area contributed by atoms with Crippen molar-refractivity contribution in [3.05, 3.63) is 29.8 Å². The number of hydrogen-bond acceptors (Lipinski definition) is 3. The fourth-order valence-electron chi connectivity index (χ4n) is 3.34. The van der Waals surface area contributed by atoms with Crippen LogP contribution >= 0.6 is 0 Å². The maximum absolute atomic E-state index is 13.0. The van der Waals surface area contributed by atoms with E-state index in [1.54, 1.807) is 0 Å². The minimum absolute atomic E-state index is 0.154. The van der Waals surface area contributed by atoms with Crippen molar-refractivity contribution in [1.29, 1.82) is 0 Å². The summed E-state index contributed by atoms with van der Waals surface area (Å²) in [6.07, 6.45) is 6.70. The first-order valence-electron chi connectivity index (χ1n) is 8.26. The van der Waals surface area contributed by atoms with E-state index in [9.17, 15) is 4.79 Å². The molecule has 3 heteroatoms. The van der Waals surface area contributed by atoms with Gasteiger partial charge in [-0.2, -0.15) is 0 Å². The lowest BCUT2D eigenvalue weighted by atomic mass is 9.70. The summed E-state index contributed by atoms with van der Waals surface area (Å²) in [6.45, 7) is 4.08.